The Balaban J connectivity index is 1.44. The molecule has 2 aliphatic heterocycles. The summed E-state index contributed by atoms with van der Waals surface area (Å²) in [7, 11) is 0. The second-order valence-corrected chi connectivity index (χ2v) is 6.29. The van der Waals surface area contributed by atoms with Crippen molar-refractivity contribution in [1.82, 2.24) is 10.2 Å². The Morgan fingerprint density at radius 1 is 1.30 bits per heavy atom. The zero-order valence-electron chi connectivity index (χ0n) is 12.4. The molecule has 3 heteroatoms. The minimum Gasteiger partial charge on any atom is -0.381 e. The first-order valence-electron chi connectivity index (χ1n) is 7.91. The Bertz CT molecular complexity index is 403. The summed E-state index contributed by atoms with van der Waals surface area (Å²) in [6, 6.07) is 12.0. The largest absolute Gasteiger partial charge is 0.381 e. The standard InChI is InChI=1S/C17H26N2O/c1-14(16-8-10-20-13-16)18-17-7-9-19(12-17)11-15-5-3-2-4-6-15/h2-6,14,16-18H,7-13H2,1H3. The summed E-state index contributed by atoms with van der Waals surface area (Å²) in [5.74, 6) is 0.707. The van der Waals surface area contributed by atoms with Crippen molar-refractivity contribution < 1.29 is 4.74 Å². The molecule has 0 saturated carbocycles. The quantitative estimate of drug-likeness (QED) is 0.891. The summed E-state index contributed by atoms with van der Waals surface area (Å²) in [4.78, 5) is 2.56. The molecule has 0 radical (unpaired) electrons. The molecule has 3 rings (SSSR count). The van der Waals surface area contributed by atoms with Crippen LogP contribution in [0.5, 0.6) is 0 Å². The number of nitrogens with zero attached hydrogens (tertiary/aromatic N) is 1. The van der Waals surface area contributed by atoms with Crippen LogP contribution in [-0.2, 0) is 11.3 Å². The van der Waals surface area contributed by atoms with E-state index in [4.69, 9.17) is 4.74 Å². The van der Waals surface area contributed by atoms with Gasteiger partial charge in [0, 0.05) is 38.3 Å². The van der Waals surface area contributed by atoms with E-state index in [-0.39, 0.29) is 0 Å². The average Bonchev–Trinajstić information content (AvgIpc) is 3.11. The fourth-order valence-corrected chi connectivity index (χ4v) is 3.41. The van der Waals surface area contributed by atoms with E-state index in [9.17, 15) is 0 Å². The van der Waals surface area contributed by atoms with Crippen LogP contribution >= 0.6 is 0 Å². The average molecular weight is 274 g/mol. The molecule has 0 spiro atoms. The van der Waals surface area contributed by atoms with E-state index in [1.807, 2.05) is 0 Å². The van der Waals surface area contributed by atoms with Crippen LogP contribution in [0.4, 0.5) is 0 Å². The first kappa shape index (κ1) is 14.1. The van der Waals surface area contributed by atoms with E-state index >= 15 is 0 Å². The molecular formula is C17H26N2O. The lowest BCUT2D eigenvalue weighted by Gasteiger charge is -2.24. The van der Waals surface area contributed by atoms with Gasteiger partial charge in [-0.2, -0.15) is 0 Å². The lowest BCUT2D eigenvalue weighted by atomic mass is 10.00. The number of likely N-dealkylation sites (tertiary alicyclic amines) is 1. The molecule has 1 aromatic carbocycles. The van der Waals surface area contributed by atoms with Crippen LogP contribution in [0.15, 0.2) is 30.3 Å². The van der Waals surface area contributed by atoms with Crippen LogP contribution in [0.2, 0.25) is 0 Å². The third-order valence-corrected chi connectivity index (χ3v) is 4.69. The number of hydrogen-bond donors (Lipinski definition) is 1. The lowest BCUT2D eigenvalue weighted by Crippen LogP contribution is -2.42. The van der Waals surface area contributed by atoms with Crippen molar-refractivity contribution in [2.24, 2.45) is 5.92 Å². The highest BCUT2D eigenvalue weighted by Gasteiger charge is 2.28. The predicted octanol–water partition coefficient (Wildman–Crippen LogP) is 2.28. The highest BCUT2D eigenvalue weighted by Crippen LogP contribution is 2.19. The van der Waals surface area contributed by atoms with E-state index in [2.05, 4.69) is 47.5 Å². The smallest absolute Gasteiger partial charge is 0.0509 e. The molecule has 0 aromatic heterocycles. The third kappa shape index (κ3) is 3.60. The summed E-state index contributed by atoms with van der Waals surface area (Å²) in [5, 5.41) is 3.81. The van der Waals surface area contributed by atoms with Crippen molar-refractivity contribution >= 4 is 0 Å². The van der Waals surface area contributed by atoms with Crippen molar-refractivity contribution in [3.8, 4) is 0 Å². The molecule has 3 nitrogen and oxygen atoms in total. The molecule has 1 N–H and O–H groups in total. The Hall–Kier alpha value is -0.900. The van der Waals surface area contributed by atoms with Gasteiger partial charge in [0.25, 0.3) is 0 Å². The van der Waals surface area contributed by atoms with E-state index in [0.29, 0.717) is 18.0 Å². The van der Waals surface area contributed by atoms with Gasteiger partial charge in [0.05, 0.1) is 6.61 Å². The molecule has 3 unspecified atom stereocenters. The van der Waals surface area contributed by atoms with Crippen molar-refractivity contribution in [1.29, 1.82) is 0 Å². The molecule has 3 atom stereocenters. The summed E-state index contributed by atoms with van der Waals surface area (Å²) >= 11 is 0. The summed E-state index contributed by atoms with van der Waals surface area (Å²) in [5.41, 5.74) is 1.42. The van der Waals surface area contributed by atoms with Gasteiger partial charge < -0.3 is 10.1 Å². The maximum Gasteiger partial charge on any atom is 0.0509 e. The van der Waals surface area contributed by atoms with E-state index < -0.39 is 0 Å². The van der Waals surface area contributed by atoms with E-state index in [1.165, 1.54) is 31.5 Å². The van der Waals surface area contributed by atoms with Crippen LogP contribution < -0.4 is 5.32 Å². The Morgan fingerprint density at radius 3 is 2.90 bits per heavy atom. The minimum atomic E-state index is 0.583. The molecule has 110 valence electrons. The fraction of sp³-hybridized carbons (Fsp3) is 0.647. The van der Waals surface area contributed by atoms with Crippen LogP contribution in [0, 0.1) is 5.92 Å². The molecule has 0 aliphatic carbocycles. The Kier molecular flexibility index (Phi) is 4.71. The van der Waals surface area contributed by atoms with Crippen LogP contribution in [0.3, 0.4) is 0 Å². The van der Waals surface area contributed by atoms with Crippen LogP contribution in [0.1, 0.15) is 25.3 Å². The molecule has 2 saturated heterocycles. The van der Waals surface area contributed by atoms with Gasteiger partial charge in [0.2, 0.25) is 0 Å². The molecule has 0 bridgehead atoms. The van der Waals surface area contributed by atoms with Crippen molar-refractivity contribution in [3.05, 3.63) is 35.9 Å². The topological polar surface area (TPSA) is 24.5 Å². The summed E-state index contributed by atoms with van der Waals surface area (Å²) in [6.07, 6.45) is 2.49. The van der Waals surface area contributed by atoms with Crippen LogP contribution in [0.25, 0.3) is 0 Å². The first-order valence-corrected chi connectivity index (χ1v) is 7.91. The van der Waals surface area contributed by atoms with E-state index in [0.717, 1.165) is 19.8 Å². The minimum absolute atomic E-state index is 0.583. The van der Waals surface area contributed by atoms with Gasteiger partial charge in [-0.3, -0.25) is 4.90 Å². The second-order valence-electron chi connectivity index (χ2n) is 6.29. The predicted molar refractivity (Wildman–Crippen MR) is 81.6 cm³/mol. The summed E-state index contributed by atoms with van der Waals surface area (Å²) < 4.78 is 5.49. The van der Waals surface area contributed by atoms with Gasteiger partial charge in [0.15, 0.2) is 0 Å². The molecule has 0 amide bonds. The van der Waals surface area contributed by atoms with Gasteiger partial charge in [-0.15, -0.1) is 0 Å². The second kappa shape index (κ2) is 6.70. The first-order chi connectivity index (χ1) is 9.81. The van der Waals surface area contributed by atoms with Crippen molar-refractivity contribution in [3.63, 3.8) is 0 Å². The molecular weight excluding hydrogens is 248 g/mol. The number of hydrogen-bond acceptors (Lipinski definition) is 3. The normalized spacial score (nSPS) is 28.9. The molecule has 2 fully saturated rings. The Morgan fingerprint density at radius 2 is 2.15 bits per heavy atom. The van der Waals surface area contributed by atoms with Gasteiger partial charge >= 0.3 is 0 Å². The maximum atomic E-state index is 5.49. The fourth-order valence-electron chi connectivity index (χ4n) is 3.41. The monoisotopic (exact) mass is 274 g/mol. The molecule has 2 heterocycles. The van der Waals surface area contributed by atoms with Crippen LogP contribution in [-0.4, -0.2) is 43.3 Å². The van der Waals surface area contributed by atoms with Crippen molar-refractivity contribution in [2.45, 2.75) is 38.4 Å². The molecule has 2 aliphatic rings. The van der Waals surface area contributed by atoms with Gasteiger partial charge in [-0.05, 0) is 31.2 Å². The molecule has 1 aromatic rings. The zero-order valence-corrected chi connectivity index (χ0v) is 12.4. The SMILES string of the molecule is CC(NC1CCN(Cc2ccccc2)C1)C1CCOC1. The van der Waals surface area contributed by atoms with Gasteiger partial charge in [0.1, 0.15) is 0 Å². The van der Waals surface area contributed by atoms with Gasteiger partial charge in [-0.1, -0.05) is 30.3 Å². The highest BCUT2D eigenvalue weighted by molar-refractivity contribution is 5.14. The van der Waals surface area contributed by atoms with Gasteiger partial charge in [-0.25, -0.2) is 0 Å². The number of nitrogens with one attached hydrogen (secondary N) is 1. The molecule has 20 heavy (non-hydrogen) atoms. The maximum absolute atomic E-state index is 5.49. The number of rotatable bonds is 5. The van der Waals surface area contributed by atoms with Crippen molar-refractivity contribution in [2.75, 3.05) is 26.3 Å². The highest BCUT2D eigenvalue weighted by atomic mass is 16.5. The number of ether oxygens (including phenoxy) is 1. The van der Waals surface area contributed by atoms with E-state index in [1.54, 1.807) is 0 Å². The zero-order chi connectivity index (χ0) is 13.8. The Labute approximate surface area is 122 Å². The summed E-state index contributed by atoms with van der Waals surface area (Å²) in [6.45, 7) is 7.67. The number of benzene rings is 1. The third-order valence-electron chi connectivity index (χ3n) is 4.69. The lowest BCUT2D eigenvalue weighted by molar-refractivity contribution is 0.176.